The number of carbonyl (C=O) groups is 1. The van der Waals surface area contributed by atoms with Crippen molar-refractivity contribution in [1.82, 2.24) is 10.3 Å². The lowest BCUT2D eigenvalue weighted by molar-refractivity contribution is 0.0937. The van der Waals surface area contributed by atoms with E-state index in [0.717, 1.165) is 31.6 Å². The Labute approximate surface area is 126 Å². The minimum atomic E-state index is 0.0334. The second kappa shape index (κ2) is 6.92. The van der Waals surface area contributed by atoms with Crippen LogP contribution in [-0.2, 0) is 0 Å². The Hall–Kier alpha value is -1.58. The van der Waals surface area contributed by atoms with E-state index < -0.39 is 0 Å². The molecule has 1 aromatic rings. The fourth-order valence-electron chi connectivity index (χ4n) is 3.39. The molecule has 114 valence electrons. The van der Waals surface area contributed by atoms with Gasteiger partial charge in [-0.1, -0.05) is 25.7 Å². The van der Waals surface area contributed by atoms with Crippen molar-refractivity contribution in [3.05, 3.63) is 24.0 Å². The molecule has 4 nitrogen and oxygen atoms in total. The number of hydrogen-bond donors (Lipinski definition) is 1. The van der Waals surface area contributed by atoms with Gasteiger partial charge in [0.15, 0.2) is 0 Å². The van der Waals surface area contributed by atoms with Crippen LogP contribution >= 0.6 is 0 Å². The Morgan fingerprint density at radius 2 is 1.76 bits per heavy atom. The monoisotopic (exact) mass is 287 g/mol. The lowest BCUT2D eigenvalue weighted by Gasteiger charge is -2.22. The summed E-state index contributed by atoms with van der Waals surface area (Å²) >= 11 is 0. The Morgan fingerprint density at radius 3 is 2.48 bits per heavy atom. The molecule has 21 heavy (non-hydrogen) atoms. The van der Waals surface area contributed by atoms with Gasteiger partial charge in [0.2, 0.25) is 0 Å². The zero-order valence-corrected chi connectivity index (χ0v) is 12.7. The first-order valence-electron chi connectivity index (χ1n) is 8.34. The molecule has 1 aliphatic carbocycles. The fraction of sp³-hybridized carbons (Fsp3) is 0.647. The van der Waals surface area contributed by atoms with Crippen LogP contribution in [0.3, 0.4) is 0 Å². The summed E-state index contributed by atoms with van der Waals surface area (Å²) < 4.78 is 0. The van der Waals surface area contributed by atoms with Crippen molar-refractivity contribution < 1.29 is 4.79 Å². The number of rotatable bonds is 3. The minimum Gasteiger partial charge on any atom is -0.370 e. The molecule has 3 rings (SSSR count). The summed E-state index contributed by atoms with van der Waals surface area (Å²) in [6, 6.07) is 2.36. The Kier molecular flexibility index (Phi) is 4.73. The van der Waals surface area contributed by atoms with Gasteiger partial charge in [-0.05, 0) is 31.7 Å². The summed E-state index contributed by atoms with van der Waals surface area (Å²) in [5.74, 6) is 0.0334. The SMILES string of the molecule is O=C(NC1CCCC1)c1cncc(N2CCCCCC2)c1. The molecule has 0 aromatic carbocycles. The average Bonchev–Trinajstić information content (AvgIpc) is 2.87. The minimum absolute atomic E-state index is 0.0334. The molecule has 1 saturated carbocycles. The molecule has 1 aliphatic heterocycles. The molecule has 0 bridgehead atoms. The molecule has 1 amide bonds. The van der Waals surface area contributed by atoms with Crippen molar-refractivity contribution in [1.29, 1.82) is 0 Å². The van der Waals surface area contributed by atoms with Crippen LogP contribution in [0.4, 0.5) is 5.69 Å². The zero-order chi connectivity index (χ0) is 14.5. The topological polar surface area (TPSA) is 45.2 Å². The second-order valence-corrected chi connectivity index (χ2v) is 6.29. The first-order chi connectivity index (χ1) is 10.3. The van der Waals surface area contributed by atoms with Crippen LogP contribution in [0.2, 0.25) is 0 Å². The fourth-order valence-corrected chi connectivity index (χ4v) is 3.39. The third kappa shape index (κ3) is 3.74. The van der Waals surface area contributed by atoms with Crippen LogP contribution in [0, 0.1) is 0 Å². The third-order valence-corrected chi connectivity index (χ3v) is 4.65. The van der Waals surface area contributed by atoms with E-state index in [1.165, 1.54) is 38.5 Å². The van der Waals surface area contributed by atoms with Gasteiger partial charge in [-0.25, -0.2) is 0 Å². The highest BCUT2D eigenvalue weighted by atomic mass is 16.1. The Morgan fingerprint density at radius 1 is 1.05 bits per heavy atom. The van der Waals surface area contributed by atoms with E-state index >= 15 is 0 Å². The quantitative estimate of drug-likeness (QED) is 0.929. The molecule has 2 fully saturated rings. The highest BCUT2D eigenvalue weighted by Crippen LogP contribution is 2.21. The van der Waals surface area contributed by atoms with Crippen LogP contribution in [-0.4, -0.2) is 30.0 Å². The van der Waals surface area contributed by atoms with Gasteiger partial charge in [-0.2, -0.15) is 0 Å². The van der Waals surface area contributed by atoms with Crippen molar-refractivity contribution in [3.8, 4) is 0 Å². The van der Waals surface area contributed by atoms with Gasteiger partial charge >= 0.3 is 0 Å². The molecule has 0 radical (unpaired) electrons. The second-order valence-electron chi connectivity index (χ2n) is 6.29. The standard InChI is InChI=1S/C17H25N3O/c21-17(19-15-7-3-4-8-15)14-11-16(13-18-12-14)20-9-5-1-2-6-10-20/h11-13,15H,1-10H2,(H,19,21). The lowest BCUT2D eigenvalue weighted by atomic mass is 10.2. The Balaban J connectivity index is 1.68. The maximum atomic E-state index is 12.3. The number of anilines is 1. The number of carbonyl (C=O) groups excluding carboxylic acids is 1. The van der Waals surface area contributed by atoms with Crippen LogP contribution < -0.4 is 10.2 Å². The van der Waals surface area contributed by atoms with Crippen LogP contribution in [0.25, 0.3) is 0 Å². The highest BCUT2D eigenvalue weighted by molar-refractivity contribution is 5.95. The van der Waals surface area contributed by atoms with Crippen molar-refractivity contribution in [2.75, 3.05) is 18.0 Å². The van der Waals surface area contributed by atoms with E-state index in [1.54, 1.807) is 6.20 Å². The molecular weight excluding hydrogens is 262 g/mol. The molecule has 0 unspecified atom stereocenters. The van der Waals surface area contributed by atoms with E-state index in [-0.39, 0.29) is 5.91 Å². The smallest absolute Gasteiger partial charge is 0.253 e. The van der Waals surface area contributed by atoms with E-state index in [9.17, 15) is 4.79 Å². The van der Waals surface area contributed by atoms with Crippen molar-refractivity contribution >= 4 is 11.6 Å². The van der Waals surface area contributed by atoms with E-state index in [4.69, 9.17) is 0 Å². The normalized spacial score (nSPS) is 20.3. The van der Waals surface area contributed by atoms with Crippen LogP contribution in [0.1, 0.15) is 61.7 Å². The molecule has 1 N–H and O–H groups in total. The van der Waals surface area contributed by atoms with Gasteiger partial charge in [-0.15, -0.1) is 0 Å². The molecular formula is C17H25N3O. The lowest BCUT2D eigenvalue weighted by Crippen LogP contribution is -2.33. The van der Waals surface area contributed by atoms with E-state index in [0.29, 0.717) is 11.6 Å². The van der Waals surface area contributed by atoms with E-state index in [2.05, 4.69) is 15.2 Å². The molecule has 0 spiro atoms. The largest absolute Gasteiger partial charge is 0.370 e. The van der Waals surface area contributed by atoms with E-state index in [1.807, 2.05) is 12.3 Å². The van der Waals surface area contributed by atoms with Gasteiger partial charge in [0.25, 0.3) is 5.91 Å². The predicted molar refractivity (Wildman–Crippen MR) is 84.6 cm³/mol. The number of nitrogens with one attached hydrogen (secondary N) is 1. The molecule has 2 aliphatic rings. The van der Waals surface area contributed by atoms with Crippen molar-refractivity contribution in [2.24, 2.45) is 0 Å². The maximum absolute atomic E-state index is 12.3. The van der Waals surface area contributed by atoms with Crippen LogP contribution in [0.15, 0.2) is 18.5 Å². The Bertz CT molecular complexity index is 475. The maximum Gasteiger partial charge on any atom is 0.253 e. The first-order valence-corrected chi connectivity index (χ1v) is 8.34. The first kappa shape index (κ1) is 14.4. The number of nitrogens with zero attached hydrogens (tertiary/aromatic N) is 2. The summed E-state index contributed by atoms with van der Waals surface area (Å²) in [6.45, 7) is 2.16. The predicted octanol–water partition coefficient (Wildman–Crippen LogP) is 3.13. The van der Waals surface area contributed by atoms with Gasteiger partial charge in [-0.3, -0.25) is 9.78 Å². The third-order valence-electron chi connectivity index (χ3n) is 4.65. The molecule has 2 heterocycles. The zero-order valence-electron chi connectivity index (χ0n) is 12.7. The van der Waals surface area contributed by atoms with Gasteiger partial charge in [0, 0.05) is 25.3 Å². The summed E-state index contributed by atoms with van der Waals surface area (Å²) in [7, 11) is 0. The summed E-state index contributed by atoms with van der Waals surface area (Å²) in [5.41, 5.74) is 1.79. The number of hydrogen-bond acceptors (Lipinski definition) is 3. The number of amides is 1. The molecule has 1 saturated heterocycles. The number of aromatic nitrogens is 1. The van der Waals surface area contributed by atoms with Gasteiger partial charge < -0.3 is 10.2 Å². The van der Waals surface area contributed by atoms with Crippen LogP contribution in [0.5, 0.6) is 0 Å². The summed E-state index contributed by atoms with van der Waals surface area (Å²) in [5, 5.41) is 3.14. The summed E-state index contributed by atoms with van der Waals surface area (Å²) in [4.78, 5) is 19.0. The van der Waals surface area contributed by atoms with Crippen molar-refractivity contribution in [2.45, 2.75) is 57.4 Å². The molecule has 1 aromatic heterocycles. The van der Waals surface area contributed by atoms with Gasteiger partial charge in [0.1, 0.15) is 0 Å². The average molecular weight is 287 g/mol. The highest BCUT2D eigenvalue weighted by Gasteiger charge is 2.19. The molecule has 4 heteroatoms. The summed E-state index contributed by atoms with van der Waals surface area (Å²) in [6.07, 6.45) is 13.4. The van der Waals surface area contributed by atoms with Crippen molar-refractivity contribution in [3.63, 3.8) is 0 Å². The number of pyridine rings is 1. The van der Waals surface area contributed by atoms with Gasteiger partial charge in [0.05, 0.1) is 17.4 Å². The molecule has 0 atom stereocenters.